The number of hydrogen-bond acceptors (Lipinski definition) is 4. The fourth-order valence-corrected chi connectivity index (χ4v) is 1.95. The largest absolute Gasteiger partial charge is 0.497 e. The Morgan fingerprint density at radius 2 is 2.00 bits per heavy atom. The number of ether oxygens (including phenoxy) is 2. The zero-order valence-corrected chi connectivity index (χ0v) is 13.6. The predicted octanol–water partition coefficient (Wildman–Crippen LogP) is 1.91. The van der Waals surface area contributed by atoms with Crippen molar-refractivity contribution in [1.82, 2.24) is 10.2 Å². The van der Waals surface area contributed by atoms with Crippen molar-refractivity contribution >= 4 is 5.91 Å². The number of benzene rings is 1. The van der Waals surface area contributed by atoms with E-state index in [2.05, 4.69) is 19.2 Å². The molecule has 1 rings (SSSR count). The van der Waals surface area contributed by atoms with Gasteiger partial charge in [-0.1, -0.05) is 19.9 Å². The summed E-state index contributed by atoms with van der Waals surface area (Å²) >= 11 is 0. The van der Waals surface area contributed by atoms with Crippen molar-refractivity contribution in [2.75, 3.05) is 34.4 Å². The highest BCUT2D eigenvalue weighted by atomic mass is 16.5. The first-order valence-electron chi connectivity index (χ1n) is 7.12. The molecule has 118 valence electrons. The van der Waals surface area contributed by atoms with Gasteiger partial charge in [-0.25, -0.2) is 0 Å². The molecule has 1 aromatic carbocycles. The van der Waals surface area contributed by atoms with Gasteiger partial charge >= 0.3 is 0 Å². The van der Waals surface area contributed by atoms with Gasteiger partial charge in [-0.3, -0.25) is 9.69 Å². The summed E-state index contributed by atoms with van der Waals surface area (Å²) in [7, 11) is 5.17. The van der Waals surface area contributed by atoms with Crippen molar-refractivity contribution in [1.29, 1.82) is 0 Å². The molecule has 1 aromatic rings. The van der Waals surface area contributed by atoms with Crippen molar-refractivity contribution in [3.63, 3.8) is 0 Å². The zero-order chi connectivity index (χ0) is 15.8. The van der Waals surface area contributed by atoms with Gasteiger partial charge in [-0.15, -0.1) is 0 Å². The number of nitrogens with zero attached hydrogens (tertiary/aromatic N) is 1. The molecule has 0 heterocycles. The normalized spacial score (nSPS) is 10.8. The van der Waals surface area contributed by atoms with Crippen LogP contribution in [0.1, 0.15) is 19.4 Å². The maximum Gasteiger partial charge on any atom is 0.234 e. The molecule has 0 atom stereocenters. The topological polar surface area (TPSA) is 50.8 Å². The Morgan fingerprint density at radius 3 is 2.57 bits per heavy atom. The van der Waals surface area contributed by atoms with E-state index in [0.717, 1.165) is 17.1 Å². The first-order valence-corrected chi connectivity index (χ1v) is 7.12. The van der Waals surface area contributed by atoms with E-state index < -0.39 is 0 Å². The van der Waals surface area contributed by atoms with Gasteiger partial charge in [0.25, 0.3) is 0 Å². The van der Waals surface area contributed by atoms with E-state index in [1.54, 1.807) is 14.2 Å². The van der Waals surface area contributed by atoms with Gasteiger partial charge in [-0.05, 0) is 19.0 Å². The lowest BCUT2D eigenvalue weighted by Crippen LogP contribution is -2.36. The first-order chi connectivity index (χ1) is 9.96. The molecular formula is C16H26N2O3. The molecule has 0 aliphatic carbocycles. The summed E-state index contributed by atoms with van der Waals surface area (Å²) in [6.07, 6.45) is 0. The standard InChI is InChI=1S/C16H26N2O3/c1-12(2)9-17-16(19)11-18(3)10-13-6-7-14(20-4)8-15(13)21-5/h6-8,12H,9-11H2,1-5H3,(H,17,19). The molecule has 0 unspecified atom stereocenters. The van der Waals surface area contributed by atoms with E-state index in [1.165, 1.54) is 0 Å². The van der Waals surface area contributed by atoms with Crippen LogP contribution in [0.15, 0.2) is 18.2 Å². The van der Waals surface area contributed by atoms with Crippen LogP contribution < -0.4 is 14.8 Å². The van der Waals surface area contributed by atoms with Gasteiger partial charge in [-0.2, -0.15) is 0 Å². The number of hydrogen-bond donors (Lipinski definition) is 1. The van der Waals surface area contributed by atoms with E-state index in [0.29, 0.717) is 25.6 Å². The first kappa shape index (κ1) is 17.3. The van der Waals surface area contributed by atoms with Crippen LogP contribution in [0.25, 0.3) is 0 Å². The summed E-state index contributed by atoms with van der Waals surface area (Å²) in [5, 5.41) is 2.91. The average molecular weight is 294 g/mol. The minimum atomic E-state index is 0.0404. The summed E-state index contributed by atoms with van der Waals surface area (Å²) in [4.78, 5) is 13.8. The van der Waals surface area contributed by atoms with Gasteiger partial charge in [0.2, 0.25) is 5.91 Å². The van der Waals surface area contributed by atoms with Crippen molar-refractivity contribution in [3.8, 4) is 11.5 Å². The predicted molar refractivity (Wildman–Crippen MR) is 83.7 cm³/mol. The third kappa shape index (κ3) is 6.04. The molecule has 0 saturated carbocycles. The summed E-state index contributed by atoms with van der Waals surface area (Å²) < 4.78 is 10.5. The van der Waals surface area contributed by atoms with Gasteiger partial charge in [0.05, 0.1) is 20.8 Å². The van der Waals surface area contributed by atoms with Crippen LogP contribution in [-0.2, 0) is 11.3 Å². The van der Waals surface area contributed by atoms with Crippen LogP contribution >= 0.6 is 0 Å². The quantitative estimate of drug-likeness (QED) is 0.796. The fourth-order valence-electron chi connectivity index (χ4n) is 1.95. The van der Waals surface area contributed by atoms with Crippen LogP contribution in [0.5, 0.6) is 11.5 Å². The molecule has 0 saturated heterocycles. The number of methoxy groups -OCH3 is 2. The smallest absolute Gasteiger partial charge is 0.234 e. The molecule has 0 aliphatic rings. The molecule has 1 amide bonds. The Bertz CT molecular complexity index is 461. The molecule has 0 radical (unpaired) electrons. The molecular weight excluding hydrogens is 268 g/mol. The third-order valence-corrected chi connectivity index (χ3v) is 3.06. The van der Waals surface area contributed by atoms with Gasteiger partial charge in [0.15, 0.2) is 0 Å². The van der Waals surface area contributed by atoms with E-state index in [4.69, 9.17) is 9.47 Å². The number of likely N-dealkylation sites (N-methyl/N-ethyl adjacent to an activating group) is 1. The van der Waals surface area contributed by atoms with Crippen LogP contribution in [0.2, 0.25) is 0 Å². The number of carbonyl (C=O) groups excluding carboxylic acids is 1. The van der Waals surface area contributed by atoms with E-state index in [9.17, 15) is 4.79 Å². The Labute approximate surface area is 127 Å². The maximum atomic E-state index is 11.8. The zero-order valence-electron chi connectivity index (χ0n) is 13.6. The Hall–Kier alpha value is -1.75. The van der Waals surface area contributed by atoms with E-state index >= 15 is 0 Å². The lowest BCUT2D eigenvalue weighted by molar-refractivity contribution is -0.122. The molecule has 0 spiro atoms. The number of carbonyl (C=O) groups is 1. The second-order valence-electron chi connectivity index (χ2n) is 5.55. The monoisotopic (exact) mass is 294 g/mol. The Balaban J connectivity index is 2.58. The van der Waals surface area contributed by atoms with Gasteiger partial charge in [0, 0.05) is 24.7 Å². The van der Waals surface area contributed by atoms with Crippen LogP contribution in [0, 0.1) is 5.92 Å². The molecule has 0 aliphatic heterocycles. The third-order valence-electron chi connectivity index (χ3n) is 3.06. The molecule has 5 nitrogen and oxygen atoms in total. The maximum absolute atomic E-state index is 11.8. The molecule has 5 heteroatoms. The summed E-state index contributed by atoms with van der Waals surface area (Å²) in [5.41, 5.74) is 1.03. The Kier molecular flexibility index (Phi) is 7.02. The molecule has 21 heavy (non-hydrogen) atoms. The second kappa shape index (κ2) is 8.52. The lowest BCUT2D eigenvalue weighted by atomic mass is 10.1. The average Bonchev–Trinajstić information content (AvgIpc) is 2.45. The second-order valence-corrected chi connectivity index (χ2v) is 5.55. The summed E-state index contributed by atoms with van der Waals surface area (Å²) in [6, 6.07) is 5.70. The fraction of sp³-hybridized carbons (Fsp3) is 0.562. The molecule has 0 fully saturated rings. The highest BCUT2D eigenvalue weighted by molar-refractivity contribution is 5.77. The highest BCUT2D eigenvalue weighted by Crippen LogP contribution is 2.25. The van der Waals surface area contributed by atoms with Crippen molar-refractivity contribution in [2.45, 2.75) is 20.4 Å². The number of nitrogens with one attached hydrogen (secondary N) is 1. The van der Waals surface area contributed by atoms with Gasteiger partial charge < -0.3 is 14.8 Å². The Morgan fingerprint density at radius 1 is 1.29 bits per heavy atom. The summed E-state index contributed by atoms with van der Waals surface area (Å²) in [6.45, 7) is 5.86. The molecule has 1 N–H and O–H groups in total. The van der Waals surface area contributed by atoms with Crippen molar-refractivity contribution in [3.05, 3.63) is 23.8 Å². The number of rotatable bonds is 8. The molecule has 0 aromatic heterocycles. The highest BCUT2D eigenvalue weighted by Gasteiger charge is 2.11. The number of amides is 1. The van der Waals surface area contributed by atoms with Crippen LogP contribution in [0.3, 0.4) is 0 Å². The van der Waals surface area contributed by atoms with Gasteiger partial charge in [0.1, 0.15) is 11.5 Å². The molecule has 0 bridgehead atoms. The lowest BCUT2D eigenvalue weighted by Gasteiger charge is -2.19. The van der Waals surface area contributed by atoms with Crippen LogP contribution in [0.4, 0.5) is 0 Å². The minimum Gasteiger partial charge on any atom is -0.497 e. The van der Waals surface area contributed by atoms with E-state index in [1.807, 2.05) is 30.1 Å². The van der Waals surface area contributed by atoms with Crippen LogP contribution in [-0.4, -0.2) is 45.2 Å². The SMILES string of the molecule is COc1ccc(CN(C)CC(=O)NCC(C)C)c(OC)c1. The van der Waals surface area contributed by atoms with Crippen molar-refractivity contribution in [2.24, 2.45) is 5.92 Å². The summed E-state index contributed by atoms with van der Waals surface area (Å²) in [5.74, 6) is 2.02. The van der Waals surface area contributed by atoms with Crippen molar-refractivity contribution < 1.29 is 14.3 Å². The van der Waals surface area contributed by atoms with E-state index in [-0.39, 0.29) is 5.91 Å². The minimum absolute atomic E-state index is 0.0404.